The van der Waals surface area contributed by atoms with Crippen molar-refractivity contribution in [3.05, 3.63) is 0 Å². The van der Waals surface area contributed by atoms with Crippen molar-refractivity contribution >= 4 is 5.91 Å². The second kappa shape index (κ2) is 5.64. The summed E-state index contributed by atoms with van der Waals surface area (Å²) in [7, 11) is 0. The molecule has 0 unspecified atom stereocenters. The van der Waals surface area contributed by atoms with Crippen LogP contribution < -0.4 is 11.1 Å². The molecule has 0 aromatic heterocycles. The van der Waals surface area contributed by atoms with Crippen LogP contribution in [0.2, 0.25) is 0 Å². The van der Waals surface area contributed by atoms with E-state index in [0.717, 1.165) is 38.4 Å². The molecule has 1 saturated carbocycles. The van der Waals surface area contributed by atoms with E-state index in [4.69, 9.17) is 5.73 Å². The molecule has 1 saturated heterocycles. The SMILES string of the molecule is NC(=O)CN(CCC1CC1)C1CCNCC1. The third-order valence-electron chi connectivity index (χ3n) is 3.71. The average molecular weight is 225 g/mol. The van der Waals surface area contributed by atoms with Crippen molar-refractivity contribution in [3.8, 4) is 0 Å². The maximum Gasteiger partial charge on any atom is 0.231 e. The van der Waals surface area contributed by atoms with Crippen molar-refractivity contribution in [2.75, 3.05) is 26.2 Å². The second-order valence-corrected chi connectivity index (χ2v) is 5.15. The third-order valence-corrected chi connectivity index (χ3v) is 3.71. The van der Waals surface area contributed by atoms with Gasteiger partial charge in [-0.3, -0.25) is 9.69 Å². The van der Waals surface area contributed by atoms with Crippen molar-refractivity contribution < 1.29 is 4.79 Å². The maximum absolute atomic E-state index is 11.1. The zero-order valence-corrected chi connectivity index (χ0v) is 9.95. The van der Waals surface area contributed by atoms with Gasteiger partial charge < -0.3 is 11.1 Å². The van der Waals surface area contributed by atoms with Gasteiger partial charge in [-0.1, -0.05) is 12.8 Å². The van der Waals surface area contributed by atoms with Gasteiger partial charge in [0.05, 0.1) is 6.54 Å². The van der Waals surface area contributed by atoms with Crippen LogP contribution >= 0.6 is 0 Å². The van der Waals surface area contributed by atoms with Crippen LogP contribution in [0.25, 0.3) is 0 Å². The highest BCUT2D eigenvalue weighted by Crippen LogP contribution is 2.32. The minimum absolute atomic E-state index is 0.186. The number of primary amides is 1. The summed E-state index contributed by atoms with van der Waals surface area (Å²) in [5, 5.41) is 3.36. The molecule has 2 aliphatic rings. The van der Waals surface area contributed by atoms with Gasteiger partial charge in [0.1, 0.15) is 0 Å². The van der Waals surface area contributed by atoms with Crippen molar-refractivity contribution in [2.24, 2.45) is 11.7 Å². The zero-order chi connectivity index (χ0) is 11.4. The molecule has 0 bridgehead atoms. The molecule has 0 radical (unpaired) electrons. The van der Waals surface area contributed by atoms with Crippen molar-refractivity contribution in [1.82, 2.24) is 10.2 Å². The fourth-order valence-corrected chi connectivity index (χ4v) is 2.52. The Hall–Kier alpha value is -0.610. The predicted octanol–water partition coefficient (Wildman–Crippen LogP) is 0.326. The van der Waals surface area contributed by atoms with Gasteiger partial charge in [0.25, 0.3) is 0 Å². The first kappa shape index (κ1) is 11.9. The van der Waals surface area contributed by atoms with Crippen LogP contribution in [0.1, 0.15) is 32.1 Å². The Balaban J connectivity index is 1.80. The van der Waals surface area contributed by atoms with Crippen LogP contribution in [0, 0.1) is 5.92 Å². The largest absolute Gasteiger partial charge is 0.369 e. The molecule has 1 aliphatic heterocycles. The van der Waals surface area contributed by atoms with Gasteiger partial charge in [0.15, 0.2) is 0 Å². The predicted molar refractivity (Wildman–Crippen MR) is 64.0 cm³/mol. The first-order valence-corrected chi connectivity index (χ1v) is 6.49. The number of piperidine rings is 1. The fourth-order valence-electron chi connectivity index (χ4n) is 2.52. The van der Waals surface area contributed by atoms with E-state index < -0.39 is 0 Å². The monoisotopic (exact) mass is 225 g/mol. The van der Waals surface area contributed by atoms with E-state index in [9.17, 15) is 4.79 Å². The topological polar surface area (TPSA) is 58.4 Å². The summed E-state index contributed by atoms with van der Waals surface area (Å²) in [5.41, 5.74) is 5.33. The lowest BCUT2D eigenvalue weighted by Crippen LogP contribution is -2.46. The van der Waals surface area contributed by atoms with Crippen molar-refractivity contribution in [2.45, 2.75) is 38.1 Å². The Morgan fingerprint density at radius 2 is 1.94 bits per heavy atom. The molecule has 4 heteroatoms. The van der Waals surface area contributed by atoms with Crippen LogP contribution in [0.3, 0.4) is 0 Å². The molecular formula is C12H23N3O. The Morgan fingerprint density at radius 3 is 2.50 bits per heavy atom. The summed E-state index contributed by atoms with van der Waals surface area (Å²) in [4.78, 5) is 13.4. The highest BCUT2D eigenvalue weighted by atomic mass is 16.1. The van der Waals surface area contributed by atoms with Gasteiger partial charge in [-0.05, 0) is 44.8 Å². The fraction of sp³-hybridized carbons (Fsp3) is 0.917. The summed E-state index contributed by atoms with van der Waals surface area (Å²) in [6, 6.07) is 0.562. The first-order chi connectivity index (χ1) is 7.75. The summed E-state index contributed by atoms with van der Waals surface area (Å²) < 4.78 is 0. The molecule has 2 rings (SSSR count). The van der Waals surface area contributed by atoms with Gasteiger partial charge in [-0.15, -0.1) is 0 Å². The van der Waals surface area contributed by atoms with Gasteiger partial charge in [0, 0.05) is 6.04 Å². The molecule has 3 N–H and O–H groups in total. The lowest BCUT2D eigenvalue weighted by molar-refractivity contribution is -0.119. The molecule has 0 aromatic rings. The van der Waals surface area contributed by atoms with Crippen molar-refractivity contribution in [3.63, 3.8) is 0 Å². The number of amides is 1. The molecule has 16 heavy (non-hydrogen) atoms. The Bertz CT molecular complexity index is 234. The number of nitrogens with two attached hydrogens (primary N) is 1. The van der Waals surface area contributed by atoms with Gasteiger partial charge in [-0.2, -0.15) is 0 Å². The highest BCUT2D eigenvalue weighted by Gasteiger charge is 2.26. The maximum atomic E-state index is 11.1. The van der Waals surface area contributed by atoms with E-state index in [1.165, 1.54) is 19.3 Å². The minimum Gasteiger partial charge on any atom is -0.369 e. The van der Waals surface area contributed by atoms with Crippen LogP contribution in [0.15, 0.2) is 0 Å². The first-order valence-electron chi connectivity index (χ1n) is 6.49. The number of carbonyl (C=O) groups is 1. The quantitative estimate of drug-likeness (QED) is 0.685. The molecular weight excluding hydrogens is 202 g/mol. The van der Waals surface area contributed by atoms with Crippen LogP contribution in [0.5, 0.6) is 0 Å². The number of carbonyl (C=O) groups excluding carboxylic acids is 1. The Labute approximate surface area is 97.6 Å². The average Bonchev–Trinajstić information content (AvgIpc) is 3.09. The summed E-state index contributed by atoms with van der Waals surface area (Å²) >= 11 is 0. The molecule has 0 spiro atoms. The Morgan fingerprint density at radius 1 is 1.25 bits per heavy atom. The molecule has 1 amide bonds. The van der Waals surface area contributed by atoms with E-state index in [2.05, 4.69) is 10.2 Å². The number of nitrogens with one attached hydrogen (secondary N) is 1. The minimum atomic E-state index is -0.186. The van der Waals surface area contributed by atoms with Crippen molar-refractivity contribution in [1.29, 1.82) is 0 Å². The summed E-state index contributed by atoms with van der Waals surface area (Å²) in [5.74, 6) is 0.742. The lowest BCUT2D eigenvalue weighted by Gasteiger charge is -2.33. The number of rotatable bonds is 6. The van der Waals surface area contributed by atoms with E-state index in [1.807, 2.05) is 0 Å². The van der Waals surface area contributed by atoms with Gasteiger partial charge in [0.2, 0.25) is 5.91 Å². The standard InChI is InChI=1S/C12H23N3O/c13-12(16)9-15(8-5-10-1-2-10)11-3-6-14-7-4-11/h10-11,14H,1-9H2,(H2,13,16). The molecule has 0 aromatic carbocycles. The van der Waals surface area contributed by atoms with Crippen LogP contribution in [-0.2, 0) is 4.79 Å². The Kier molecular flexibility index (Phi) is 4.18. The number of hydrogen-bond acceptors (Lipinski definition) is 3. The van der Waals surface area contributed by atoms with Crippen LogP contribution in [-0.4, -0.2) is 43.0 Å². The van der Waals surface area contributed by atoms with E-state index in [-0.39, 0.29) is 5.91 Å². The number of hydrogen-bond donors (Lipinski definition) is 2. The zero-order valence-electron chi connectivity index (χ0n) is 9.95. The van der Waals surface area contributed by atoms with Gasteiger partial charge >= 0.3 is 0 Å². The molecule has 1 heterocycles. The molecule has 4 nitrogen and oxygen atoms in total. The lowest BCUT2D eigenvalue weighted by atomic mass is 10.0. The molecule has 2 fully saturated rings. The summed E-state index contributed by atoms with van der Waals surface area (Å²) in [6.07, 6.45) is 6.32. The number of nitrogens with zero attached hydrogens (tertiary/aromatic N) is 1. The second-order valence-electron chi connectivity index (χ2n) is 5.15. The molecule has 0 atom stereocenters. The third kappa shape index (κ3) is 3.76. The van der Waals surface area contributed by atoms with Crippen LogP contribution in [0.4, 0.5) is 0 Å². The molecule has 1 aliphatic carbocycles. The van der Waals surface area contributed by atoms with Gasteiger partial charge in [-0.25, -0.2) is 0 Å². The summed E-state index contributed by atoms with van der Waals surface area (Å²) in [6.45, 7) is 3.64. The highest BCUT2D eigenvalue weighted by molar-refractivity contribution is 5.75. The van der Waals surface area contributed by atoms with E-state index >= 15 is 0 Å². The smallest absolute Gasteiger partial charge is 0.231 e. The molecule has 92 valence electrons. The van der Waals surface area contributed by atoms with E-state index in [0.29, 0.717) is 12.6 Å². The van der Waals surface area contributed by atoms with E-state index in [1.54, 1.807) is 0 Å². The normalized spacial score (nSPS) is 22.6.